The Kier molecular flexibility index (Phi) is 3.71. The Bertz CT molecular complexity index is 322. The zero-order chi connectivity index (χ0) is 10.8. The Labute approximate surface area is 96.8 Å². The number of hydrogen-bond acceptors (Lipinski definition) is 2. The van der Waals surface area contributed by atoms with E-state index in [1.165, 1.54) is 6.92 Å². The number of nitrogens with two attached hydrogens (primary N) is 1. The van der Waals surface area contributed by atoms with Crippen LogP contribution in [0.2, 0.25) is 0 Å². The molecule has 0 heterocycles. The second-order valence-electron chi connectivity index (χ2n) is 3.21. The third-order valence-electron chi connectivity index (χ3n) is 1.76. The summed E-state index contributed by atoms with van der Waals surface area (Å²) in [6, 6.07) is 5.48. The summed E-state index contributed by atoms with van der Waals surface area (Å²) in [5, 5.41) is 0. The SMILES string of the molecule is Cc1cc(CN)ccc1OC(C)(F)I. The molecular weight excluding hydrogens is 296 g/mol. The maximum Gasteiger partial charge on any atom is 0.295 e. The van der Waals surface area contributed by atoms with Crippen LogP contribution in [0.25, 0.3) is 0 Å². The van der Waals surface area contributed by atoms with Gasteiger partial charge in [0, 0.05) is 36.1 Å². The van der Waals surface area contributed by atoms with E-state index in [-0.39, 0.29) is 0 Å². The average molecular weight is 309 g/mol. The first-order valence-corrected chi connectivity index (χ1v) is 5.36. The van der Waals surface area contributed by atoms with Crippen LogP contribution in [0.3, 0.4) is 0 Å². The molecule has 0 amide bonds. The van der Waals surface area contributed by atoms with Crippen molar-refractivity contribution in [3.05, 3.63) is 29.3 Å². The van der Waals surface area contributed by atoms with E-state index in [2.05, 4.69) is 0 Å². The summed E-state index contributed by atoms with van der Waals surface area (Å²) >= 11 is 1.60. The van der Waals surface area contributed by atoms with Crippen molar-refractivity contribution < 1.29 is 9.13 Å². The summed E-state index contributed by atoms with van der Waals surface area (Å²) in [4.78, 5) is 0. The molecule has 0 aliphatic rings. The van der Waals surface area contributed by atoms with E-state index in [1.807, 2.05) is 19.1 Å². The minimum absolute atomic E-state index is 0.484. The fourth-order valence-electron chi connectivity index (χ4n) is 1.15. The van der Waals surface area contributed by atoms with Gasteiger partial charge in [-0.15, -0.1) is 0 Å². The van der Waals surface area contributed by atoms with Crippen molar-refractivity contribution in [2.75, 3.05) is 0 Å². The molecule has 1 unspecified atom stereocenters. The quantitative estimate of drug-likeness (QED) is 0.688. The number of alkyl halides is 2. The molecule has 0 radical (unpaired) electrons. The molecule has 2 nitrogen and oxygen atoms in total. The number of rotatable bonds is 3. The van der Waals surface area contributed by atoms with Crippen molar-refractivity contribution in [2.45, 2.75) is 24.3 Å². The van der Waals surface area contributed by atoms with E-state index in [9.17, 15) is 4.39 Å². The Morgan fingerprint density at radius 1 is 1.57 bits per heavy atom. The van der Waals surface area contributed by atoms with Crippen molar-refractivity contribution in [1.29, 1.82) is 0 Å². The highest BCUT2D eigenvalue weighted by Crippen LogP contribution is 2.28. The average Bonchev–Trinajstić information content (AvgIpc) is 2.06. The normalized spacial score (nSPS) is 14.9. The van der Waals surface area contributed by atoms with Gasteiger partial charge in [-0.1, -0.05) is 12.1 Å². The van der Waals surface area contributed by atoms with Crippen LogP contribution in [0, 0.1) is 6.92 Å². The molecule has 1 atom stereocenters. The lowest BCUT2D eigenvalue weighted by molar-refractivity contribution is 0.0665. The highest BCUT2D eigenvalue weighted by atomic mass is 127. The molecule has 2 N–H and O–H groups in total. The summed E-state index contributed by atoms with van der Waals surface area (Å²) in [5.74, 6) is 0.557. The van der Waals surface area contributed by atoms with Gasteiger partial charge in [0.1, 0.15) is 5.75 Å². The Morgan fingerprint density at radius 3 is 2.64 bits per heavy atom. The minimum Gasteiger partial charge on any atom is -0.449 e. The molecule has 0 spiro atoms. The van der Waals surface area contributed by atoms with Crippen LogP contribution in [0.1, 0.15) is 18.1 Å². The molecule has 0 fully saturated rings. The van der Waals surface area contributed by atoms with Crippen LogP contribution in [0.15, 0.2) is 18.2 Å². The van der Waals surface area contributed by atoms with E-state index < -0.39 is 3.86 Å². The molecule has 0 aliphatic carbocycles. The van der Waals surface area contributed by atoms with Gasteiger partial charge in [0.05, 0.1) is 0 Å². The first-order chi connectivity index (χ1) is 6.42. The van der Waals surface area contributed by atoms with E-state index in [0.29, 0.717) is 12.3 Å². The highest BCUT2D eigenvalue weighted by molar-refractivity contribution is 14.1. The van der Waals surface area contributed by atoms with E-state index >= 15 is 0 Å². The Balaban J connectivity index is 2.89. The summed E-state index contributed by atoms with van der Waals surface area (Å²) in [5.41, 5.74) is 7.39. The molecule has 4 heteroatoms. The summed E-state index contributed by atoms with van der Waals surface area (Å²) in [6.07, 6.45) is 0. The van der Waals surface area contributed by atoms with Gasteiger partial charge in [-0.2, -0.15) is 4.39 Å². The highest BCUT2D eigenvalue weighted by Gasteiger charge is 2.20. The molecule has 0 saturated heterocycles. The van der Waals surface area contributed by atoms with Gasteiger partial charge in [0.2, 0.25) is 0 Å². The zero-order valence-electron chi connectivity index (χ0n) is 8.18. The minimum atomic E-state index is -1.67. The van der Waals surface area contributed by atoms with Gasteiger partial charge in [-0.3, -0.25) is 0 Å². The van der Waals surface area contributed by atoms with Crippen molar-refractivity contribution >= 4 is 22.6 Å². The van der Waals surface area contributed by atoms with E-state index in [1.54, 1.807) is 28.7 Å². The lowest BCUT2D eigenvalue weighted by atomic mass is 10.1. The van der Waals surface area contributed by atoms with E-state index in [4.69, 9.17) is 10.5 Å². The summed E-state index contributed by atoms with van der Waals surface area (Å²) in [7, 11) is 0. The standard InChI is InChI=1S/C10H13FINO/c1-7-5-8(6-13)3-4-9(7)14-10(2,11)12/h3-5H,6,13H2,1-2H3. The zero-order valence-corrected chi connectivity index (χ0v) is 10.3. The van der Waals surface area contributed by atoms with Crippen molar-refractivity contribution in [2.24, 2.45) is 5.73 Å². The molecule has 1 aromatic carbocycles. The Morgan fingerprint density at radius 2 is 2.21 bits per heavy atom. The Hall–Kier alpha value is -0.360. The van der Waals surface area contributed by atoms with Crippen LogP contribution in [0.5, 0.6) is 5.75 Å². The number of halogens is 2. The summed E-state index contributed by atoms with van der Waals surface area (Å²) < 4.78 is 16.6. The van der Waals surface area contributed by atoms with Crippen molar-refractivity contribution in [3.63, 3.8) is 0 Å². The smallest absolute Gasteiger partial charge is 0.295 e. The first-order valence-electron chi connectivity index (χ1n) is 4.29. The van der Waals surface area contributed by atoms with Gasteiger partial charge in [0.25, 0.3) is 3.86 Å². The maximum atomic E-state index is 13.2. The molecule has 78 valence electrons. The number of hydrogen-bond donors (Lipinski definition) is 1. The van der Waals surface area contributed by atoms with Crippen LogP contribution >= 0.6 is 22.6 Å². The van der Waals surface area contributed by atoms with Crippen molar-refractivity contribution in [1.82, 2.24) is 0 Å². The second kappa shape index (κ2) is 4.44. The third kappa shape index (κ3) is 3.42. The molecule has 1 rings (SSSR count). The van der Waals surface area contributed by atoms with Gasteiger partial charge >= 0.3 is 0 Å². The predicted octanol–water partition coefficient (Wildman–Crippen LogP) is 2.91. The molecule has 0 aromatic heterocycles. The topological polar surface area (TPSA) is 35.2 Å². The van der Waals surface area contributed by atoms with E-state index in [0.717, 1.165) is 11.1 Å². The third-order valence-corrected chi connectivity index (χ3v) is 1.98. The maximum absolute atomic E-state index is 13.2. The number of benzene rings is 1. The lowest BCUT2D eigenvalue weighted by Gasteiger charge is -2.17. The molecule has 0 aliphatic heterocycles. The lowest BCUT2D eigenvalue weighted by Crippen LogP contribution is -2.17. The second-order valence-corrected chi connectivity index (χ2v) is 5.14. The van der Waals surface area contributed by atoms with Crippen LogP contribution in [-0.4, -0.2) is 3.86 Å². The number of ether oxygens (including phenoxy) is 1. The predicted molar refractivity (Wildman–Crippen MR) is 63.2 cm³/mol. The van der Waals surface area contributed by atoms with Crippen molar-refractivity contribution in [3.8, 4) is 5.75 Å². The first kappa shape index (κ1) is 11.7. The monoisotopic (exact) mass is 309 g/mol. The van der Waals surface area contributed by atoms with Crippen LogP contribution in [-0.2, 0) is 6.54 Å². The van der Waals surface area contributed by atoms with Gasteiger partial charge in [-0.05, 0) is 24.1 Å². The van der Waals surface area contributed by atoms with Crippen LogP contribution in [0.4, 0.5) is 4.39 Å². The van der Waals surface area contributed by atoms with Gasteiger partial charge < -0.3 is 10.5 Å². The molecule has 14 heavy (non-hydrogen) atoms. The summed E-state index contributed by atoms with van der Waals surface area (Å²) in [6.45, 7) is 3.72. The van der Waals surface area contributed by atoms with Gasteiger partial charge in [0.15, 0.2) is 0 Å². The molecular formula is C10H13FINO. The van der Waals surface area contributed by atoms with Gasteiger partial charge in [-0.25, -0.2) is 0 Å². The van der Waals surface area contributed by atoms with Crippen LogP contribution < -0.4 is 10.5 Å². The number of aryl methyl sites for hydroxylation is 1. The fraction of sp³-hybridized carbons (Fsp3) is 0.400. The largest absolute Gasteiger partial charge is 0.449 e. The fourth-order valence-corrected chi connectivity index (χ4v) is 1.38. The molecule has 0 saturated carbocycles. The molecule has 1 aromatic rings. The molecule has 0 bridgehead atoms.